The smallest absolute Gasteiger partial charge is 0.253 e. The third kappa shape index (κ3) is 2.70. The first kappa shape index (κ1) is 13.2. The number of aromatic nitrogens is 3. The van der Waals surface area contributed by atoms with Gasteiger partial charge in [-0.15, -0.1) is 11.8 Å². The van der Waals surface area contributed by atoms with Crippen LogP contribution < -0.4 is 0 Å². The second-order valence-electron chi connectivity index (χ2n) is 4.93. The van der Waals surface area contributed by atoms with Gasteiger partial charge < -0.3 is 4.90 Å². The molecule has 104 valence electrons. The topological polar surface area (TPSA) is 51.0 Å². The van der Waals surface area contributed by atoms with Crippen LogP contribution in [0.5, 0.6) is 0 Å². The number of amides is 1. The first-order chi connectivity index (χ1) is 9.76. The standard InChI is InChI=1S/C14H16N4OS/c1-20-13-4-2-3-12(5-13)14(19)17-6-11(7-17)8-18-10-15-9-16-18/h2-5,9-11H,6-8H2,1H3. The minimum Gasteiger partial charge on any atom is -0.338 e. The molecule has 0 aliphatic carbocycles. The number of nitrogens with zero attached hydrogens (tertiary/aromatic N) is 4. The average molecular weight is 288 g/mol. The van der Waals surface area contributed by atoms with E-state index in [0.717, 1.165) is 30.1 Å². The number of thioether (sulfide) groups is 1. The lowest BCUT2D eigenvalue weighted by molar-refractivity contribution is 0.0461. The highest BCUT2D eigenvalue weighted by Crippen LogP contribution is 2.22. The molecule has 2 aromatic rings. The van der Waals surface area contributed by atoms with Crippen molar-refractivity contribution in [1.82, 2.24) is 19.7 Å². The molecular weight excluding hydrogens is 272 g/mol. The van der Waals surface area contributed by atoms with Crippen LogP contribution in [0.3, 0.4) is 0 Å². The van der Waals surface area contributed by atoms with Crippen LogP contribution in [0.1, 0.15) is 10.4 Å². The number of hydrogen-bond acceptors (Lipinski definition) is 4. The van der Waals surface area contributed by atoms with Crippen molar-refractivity contribution in [3.63, 3.8) is 0 Å². The molecule has 2 heterocycles. The van der Waals surface area contributed by atoms with Crippen molar-refractivity contribution >= 4 is 17.7 Å². The molecule has 1 saturated heterocycles. The van der Waals surface area contributed by atoms with E-state index >= 15 is 0 Å². The number of hydrogen-bond donors (Lipinski definition) is 0. The molecule has 0 atom stereocenters. The molecule has 5 nitrogen and oxygen atoms in total. The quantitative estimate of drug-likeness (QED) is 0.805. The fourth-order valence-corrected chi connectivity index (χ4v) is 2.84. The van der Waals surface area contributed by atoms with Gasteiger partial charge in [0.1, 0.15) is 12.7 Å². The summed E-state index contributed by atoms with van der Waals surface area (Å²) in [6.07, 6.45) is 5.27. The van der Waals surface area contributed by atoms with Crippen LogP contribution >= 0.6 is 11.8 Å². The highest BCUT2D eigenvalue weighted by atomic mass is 32.2. The van der Waals surface area contributed by atoms with Crippen LogP contribution in [-0.2, 0) is 6.54 Å². The van der Waals surface area contributed by atoms with E-state index in [0.29, 0.717) is 5.92 Å². The summed E-state index contributed by atoms with van der Waals surface area (Å²) in [7, 11) is 0. The maximum absolute atomic E-state index is 12.3. The molecule has 1 aliphatic rings. The van der Waals surface area contributed by atoms with Gasteiger partial charge in [-0.25, -0.2) is 4.98 Å². The molecule has 0 bridgehead atoms. The van der Waals surface area contributed by atoms with E-state index in [1.165, 1.54) is 6.33 Å². The molecule has 1 aromatic heterocycles. The van der Waals surface area contributed by atoms with E-state index in [-0.39, 0.29) is 5.91 Å². The van der Waals surface area contributed by atoms with E-state index in [9.17, 15) is 4.79 Å². The Kier molecular flexibility index (Phi) is 3.73. The van der Waals surface area contributed by atoms with Crippen LogP contribution in [0.4, 0.5) is 0 Å². The lowest BCUT2D eigenvalue weighted by Gasteiger charge is -2.39. The largest absolute Gasteiger partial charge is 0.338 e. The van der Waals surface area contributed by atoms with E-state index in [2.05, 4.69) is 10.1 Å². The van der Waals surface area contributed by atoms with Crippen molar-refractivity contribution < 1.29 is 4.79 Å². The fourth-order valence-electron chi connectivity index (χ4n) is 2.38. The fraction of sp³-hybridized carbons (Fsp3) is 0.357. The summed E-state index contributed by atoms with van der Waals surface area (Å²) in [4.78, 5) is 19.3. The second kappa shape index (κ2) is 5.66. The molecule has 0 spiro atoms. The predicted octanol–water partition coefficient (Wildman–Crippen LogP) is 1.77. The molecule has 6 heteroatoms. The number of carbonyl (C=O) groups is 1. The van der Waals surface area contributed by atoms with Gasteiger partial charge in [0.2, 0.25) is 0 Å². The van der Waals surface area contributed by atoms with Crippen molar-refractivity contribution in [1.29, 1.82) is 0 Å². The van der Waals surface area contributed by atoms with Gasteiger partial charge in [-0.2, -0.15) is 5.10 Å². The first-order valence-electron chi connectivity index (χ1n) is 6.52. The third-order valence-electron chi connectivity index (χ3n) is 3.47. The normalized spacial score (nSPS) is 15.2. The Hall–Kier alpha value is -1.82. The van der Waals surface area contributed by atoms with Crippen molar-refractivity contribution in [2.45, 2.75) is 11.4 Å². The third-order valence-corrected chi connectivity index (χ3v) is 4.20. The highest BCUT2D eigenvalue weighted by Gasteiger charge is 2.31. The molecule has 1 fully saturated rings. The minimum atomic E-state index is 0.121. The first-order valence-corrected chi connectivity index (χ1v) is 7.74. The number of rotatable bonds is 4. The maximum atomic E-state index is 12.3. The van der Waals surface area contributed by atoms with Gasteiger partial charge in [-0.05, 0) is 24.5 Å². The monoisotopic (exact) mass is 288 g/mol. The molecular formula is C14H16N4OS. The Morgan fingerprint density at radius 3 is 3.00 bits per heavy atom. The number of benzene rings is 1. The van der Waals surface area contributed by atoms with Crippen molar-refractivity contribution in [3.8, 4) is 0 Å². The van der Waals surface area contributed by atoms with E-state index in [1.807, 2.05) is 40.1 Å². The lowest BCUT2D eigenvalue weighted by atomic mass is 9.99. The second-order valence-corrected chi connectivity index (χ2v) is 5.81. The molecule has 1 aliphatic heterocycles. The molecule has 0 saturated carbocycles. The predicted molar refractivity (Wildman–Crippen MR) is 77.6 cm³/mol. The summed E-state index contributed by atoms with van der Waals surface area (Å²) in [5, 5.41) is 4.09. The van der Waals surface area contributed by atoms with Crippen molar-refractivity contribution in [2.24, 2.45) is 5.92 Å². The zero-order valence-corrected chi connectivity index (χ0v) is 12.1. The van der Waals surface area contributed by atoms with Gasteiger partial charge >= 0.3 is 0 Å². The van der Waals surface area contributed by atoms with Crippen molar-refractivity contribution in [2.75, 3.05) is 19.3 Å². The van der Waals surface area contributed by atoms with E-state index in [1.54, 1.807) is 18.1 Å². The van der Waals surface area contributed by atoms with Gasteiger partial charge in [0.15, 0.2) is 0 Å². The summed E-state index contributed by atoms with van der Waals surface area (Å²) in [6, 6.07) is 7.79. The number of carbonyl (C=O) groups excluding carboxylic acids is 1. The summed E-state index contributed by atoms with van der Waals surface area (Å²) in [5.74, 6) is 0.597. The molecule has 0 N–H and O–H groups in total. The molecule has 1 amide bonds. The van der Waals surface area contributed by atoms with Crippen LogP contribution in [0.2, 0.25) is 0 Å². The average Bonchev–Trinajstić information content (AvgIpc) is 2.95. The van der Waals surface area contributed by atoms with Gasteiger partial charge in [0.05, 0.1) is 0 Å². The maximum Gasteiger partial charge on any atom is 0.253 e. The molecule has 1 aromatic carbocycles. The van der Waals surface area contributed by atoms with E-state index in [4.69, 9.17) is 0 Å². The summed E-state index contributed by atoms with van der Waals surface area (Å²) in [5.41, 5.74) is 0.774. The van der Waals surface area contributed by atoms with Gasteiger partial charge in [-0.3, -0.25) is 9.48 Å². The summed E-state index contributed by atoms with van der Waals surface area (Å²) in [6.45, 7) is 2.42. The summed E-state index contributed by atoms with van der Waals surface area (Å²) >= 11 is 1.65. The Labute approximate surface area is 122 Å². The minimum absolute atomic E-state index is 0.121. The highest BCUT2D eigenvalue weighted by molar-refractivity contribution is 7.98. The Morgan fingerprint density at radius 2 is 2.30 bits per heavy atom. The SMILES string of the molecule is CSc1cccc(C(=O)N2CC(Cn3cncn3)C2)c1. The van der Waals surface area contributed by atoms with Crippen molar-refractivity contribution in [3.05, 3.63) is 42.5 Å². The Bertz CT molecular complexity index is 593. The van der Waals surface area contributed by atoms with E-state index < -0.39 is 0 Å². The Morgan fingerprint density at radius 1 is 1.45 bits per heavy atom. The van der Waals surface area contributed by atoms with Crippen LogP contribution in [-0.4, -0.2) is 44.9 Å². The van der Waals surface area contributed by atoms with Crippen LogP contribution in [0.15, 0.2) is 41.8 Å². The molecule has 0 radical (unpaired) electrons. The molecule has 0 unspecified atom stereocenters. The van der Waals surface area contributed by atoms with Gasteiger partial charge in [0, 0.05) is 36.0 Å². The van der Waals surface area contributed by atoms with Gasteiger partial charge in [-0.1, -0.05) is 6.07 Å². The van der Waals surface area contributed by atoms with Crippen LogP contribution in [0.25, 0.3) is 0 Å². The zero-order chi connectivity index (χ0) is 13.9. The number of likely N-dealkylation sites (tertiary alicyclic amines) is 1. The lowest BCUT2D eigenvalue weighted by Crippen LogP contribution is -2.51. The molecule has 3 rings (SSSR count). The Balaban J connectivity index is 1.57. The summed E-state index contributed by atoms with van der Waals surface area (Å²) < 4.78 is 1.82. The van der Waals surface area contributed by atoms with Crippen LogP contribution in [0, 0.1) is 5.92 Å². The van der Waals surface area contributed by atoms with Gasteiger partial charge in [0.25, 0.3) is 5.91 Å². The molecule has 20 heavy (non-hydrogen) atoms. The zero-order valence-electron chi connectivity index (χ0n) is 11.3.